The van der Waals surface area contributed by atoms with Crippen LogP contribution in [0.2, 0.25) is 0 Å². The fourth-order valence-corrected chi connectivity index (χ4v) is 0.844. The van der Waals surface area contributed by atoms with Crippen molar-refractivity contribution in [3.8, 4) is 5.88 Å². The van der Waals surface area contributed by atoms with Crippen LogP contribution in [-0.2, 0) is 11.4 Å². The Kier molecular flexibility index (Phi) is 3.78. The maximum atomic E-state index is 12.4. The molecule has 0 bridgehead atoms. The smallest absolute Gasteiger partial charge is 0.413 e. The number of alkyl halides is 1. The minimum absolute atomic E-state index is 0.0612. The lowest BCUT2D eigenvalue weighted by molar-refractivity contribution is 0.186. The van der Waals surface area contributed by atoms with Gasteiger partial charge in [-0.1, -0.05) is 0 Å². The van der Waals surface area contributed by atoms with Crippen molar-refractivity contribution in [2.24, 2.45) is 0 Å². The Labute approximate surface area is 85.4 Å². The van der Waals surface area contributed by atoms with E-state index in [1.807, 2.05) is 0 Å². The molecule has 0 atom stereocenters. The first kappa shape index (κ1) is 11.2. The topological polar surface area (TPSA) is 73.3 Å². The van der Waals surface area contributed by atoms with E-state index in [2.05, 4.69) is 20.0 Å². The molecule has 7 heteroatoms. The summed E-state index contributed by atoms with van der Waals surface area (Å²) >= 11 is 0. The van der Waals surface area contributed by atoms with E-state index in [1.165, 1.54) is 20.3 Å². The van der Waals surface area contributed by atoms with Crippen LogP contribution in [0.25, 0.3) is 0 Å². The van der Waals surface area contributed by atoms with Gasteiger partial charge in [0.2, 0.25) is 11.8 Å². The molecule has 6 nitrogen and oxygen atoms in total. The van der Waals surface area contributed by atoms with Crippen LogP contribution < -0.4 is 10.1 Å². The lowest BCUT2D eigenvalue weighted by atomic mass is 10.4. The maximum absolute atomic E-state index is 12.4. The van der Waals surface area contributed by atoms with E-state index in [4.69, 9.17) is 4.74 Å². The molecule has 0 radical (unpaired) electrons. The molecular weight excluding hydrogens is 205 g/mol. The Hall–Kier alpha value is -1.92. The van der Waals surface area contributed by atoms with Gasteiger partial charge in [0.15, 0.2) is 0 Å². The van der Waals surface area contributed by atoms with E-state index >= 15 is 0 Å². The summed E-state index contributed by atoms with van der Waals surface area (Å²) in [6, 6.07) is 1.34. The summed E-state index contributed by atoms with van der Waals surface area (Å²) in [4.78, 5) is 18.3. The van der Waals surface area contributed by atoms with Gasteiger partial charge in [0.1, 0.15) is 6.67 Å². The van der Waals surface area contributed by atoms with Crippen molar-refractivity contribution in [3.63, 3.8) is 0 Å². The Morgan fingerprint density at radius 2 is 2.27 bits per heavy atom. The summed E-state index contributed by atoms with van der Waals surface area (Å²) in [5.41, 5.74) is 0.119. The van der Waals surface area contributed by atoms with Gasteiger partial charge in [-0.25, -0.2) is 14.2 Å². The molecule has 1 heterocycles. The van der Waals surface area contributed by atoms with E-state index in [9.17, 15) is 9.18 Å². The van der Waals surface area contributed by atoms with E-state index in [0.29, 0.717) is 0 Å². The molecule has 0 aromatic carbocycles. The Morgan fingerprint density at radius 1 is 1.53 bits per heavy atom. The molecule has 1 N–H and O–H groups in total. The fourth-order valence-electron chi connectivity index (χ4n) is 0.844. The number of methoxy groups -OCH3 is 2. The highest BCUT2D eigenvalue weighted by Crippen LogP contribution is 2.12. The number of carbonyl (C=O) groups excluding carboxylic acids is 1. The van der Waals surface area contributed by atoms with Gasteiger partial charge in [0.25, 0.3) is 0 Å². The quantitative estimate of drug-likeness (QED) is 0.818. The van der Waals surface area contributed by atoms with Gasteiger partial charge in [-0.15, -0.1) is 0 Å². The highest BCUT2D eigenvalue weighted by molar-refractivity contribution is 5.82. The SMILES string of the molecule is COC(=O)Nc1nc(CF)cc(OC)n1. The van der Waals surface area contributed by atoms with Crippen LogP contribution in [0.3, 0.4) is 0 Å². The van der Waals surface area contributed by atoms with Crippen molar-refractivity contribution >= 4 is 12.0 Å². The van der Waals surface area contributed by atoms with Crippen molar-refractivity contribution in [1.82, 2.24) is 9.97 Å². The molecule has 0 saturated carbocycles. The molecule has 1 rings (SSSR count). The second kappa shape index (κ2) is 5.08. The van der Waals surface area contributed by atoms with Crippen LogP contribution in [0, 0.1) is 0 Å². The minimum atomic E-state index is -0.769. The van der Waals surface area contributed by atoms with E-state index < -0.39 is 12.8 Å². The van der Waals surface area contributed by atoms with Crippen LogP contribution in [0.15, 0.2) is 6.07 Å². The maximum Gasteiger partial charge on any atom is 0.413 e. The van der Waals surface area contributed by atoms with Crippen molar-refractivity contribution in [2.75, 3.05) is 19.5 Å². The fraction of sp³-hybridized carbons (Fsp3) is 0.375. The summed E-state index contributed by atoms with van der Waals surface area (Å²) in [6.45, 7) is -0.769. The van der Waals surface area contributed by atoms with Gasteiger partial charge in [-0.2, -0.15) is 4.98 Å². The highest BCUT2D eigenvalue weighted by atomic mass is 19.1. The first-order chi connectivity index (χ1) is 7.19. The number of carbonyl (C=O) groups is 1. The molecule has 15 heavy (non-hydrogen) atoms. The first-order valence-electron chi connectivity index (χ1n) is 4.02. The monoisotopic (exact) mass is 215 g/mol. The van der Waals surface area contributed by atoms with Gasteiger partial charge < -0.3 is 9.47 Å². The number of nitrogens with zero attached hydrogens (tertiary/aromatic N) is 2. The van der Waals surface area contributed by atoms with Crippen molar-refractivity contribution in [2.45, 2.75) is 6.67 Å². The standard InChI is InChI=1S/C8H10FN3O3/c1-14-6-3-5(4-9)10-7(11-6)12-8(13)15-2/h3H,4H2,1-2H3,(H,10,11,12,13). The Morgan fingerprint density at radius 3 is 2.80 bits per heavy atom. The molecule has 82 valence electrons. The highest BCUT2D eigenvalue weighted by Gasteiger charge is 2.07. The summed E-state index contributed by atoms with van der Waals surface area (Å²) in [5, 5.41) is 2.21. The van der Waals surface area contributed by atoms with Gasteiger partial charge in [-0.05, 0) is 0 Å². The third-order valence-electron chi connectivity index (χ3n) is 1.50. The zero-order valence-electron chi connectivity index (χ0n) is 8.28. The molecule has 1 aromatic rings. The molecule has 0 fully saturated rings. The van der Waals surface area contributed by atoms with Gasteiger partial charge in [0, 0.05) is 6.07 Å². The van der Waals surface area contributed by atoms with E-state index in [0.717, 1.165) is 0 Å². The second-order valence-electron chi connectivity index (χ2n) is 2.48. The number of anilines is 1. The van der Waals surface area contributed by atoms with Crippen LogP contribution in [0.1, 0.15) is 5.69 Å². The number of aromatic nitrogens is 2. The zero-order valence-corrected chi connectivity index (χ0v) is 8.28. The minimum Gasteiger partial charge on any atom is -0.481 e. The van der Waals surface area contributed by atoms with Crippen molar-refractivity contribution < 1.29 is 18.7 Å². The molecule has 1 amide bonds. The Bertz CT molecular complexity index is 337. The number of ether oxygens (including phenoxy) is 2. The lowest BCUT2D eigenvalue weighted by Gasteiger charge is -2.05. The average molecular weight is 215 g/mol. The molecule has 0 unspecified atom stereocenters. The number of nitrogens with one attached hydrogen (secondary N) is 1. The number of rotatable bonds is 3. The van der Waals surface area contributed by atoms with Crippen LogP contribution >= 0.6 is 0 Å². The molecule has 0 aliphatic heterocycles. The largest absolute Gasteiger partial charge is 0.481 e. The van der Waals surface area contributed by atoms with Gasteiger partial charge in [0.05, 0.1) is 19.9 Å². The summed E-state index contributed by atoms with van der Waals surface area (Å²) < 4.78 is 21.5. The van der Waals surface area contributed by atoms with E-state index in [-0.39, 0.29) is 17.5 Å². The van der Waals surface area contributed by atoms with Gasteiger partial charge in [-0.3, -0.25) is 5.32 Å². The predicted molar refractivity (Wildman–Crippen MR) is 49.4 cm³/mol. The van der Waals surface area contributed by atoms with Gasteiger partial charge >= 0.3 is 6.09 Å². The third kappa shape index (κ3) is 3.04. The van der Waals surface area contributed by atoms with Crippen molar-refractivity contribution in [3.05, 3.63) is 11.8 Å². The van der Waals surface area contributed by atoms with Crippen molar-refractivity contribution in [1.29, 1.82) is 0 Å². The summed E-state index contributed by atoms with van der Waals surface area (Å²) in [5.74, 6) is 0.109. The summed E-state index contributed by atoms with van der Waals surface area (Å²) in [7, 11) is 2.58. The summed E-state index contributed by atoms with van der Waals surface area (Å²) in [6.07, 6.45) is -0.729. The molecule has 0 aliphatic carbocycles. The second-order valence-corrected chi connectivity index (χ2v) is 2.48. The zero-order chi connectivity index (χ0) is 11.3. The predicted octanol–water partition coefficient (Wildman–Crippen LogP) is 1.13. The molecule has 0 spiro atoms. The number of hydrogen-bond acceptors (Lipinski definition) is 5. The molecule has 1 aromatic heterocycles. The first-order valence-corrected chi connectivity index (χ1v) is 4.02. The molecule has 0 saturated heterocycles. The lowest BCUT2D eigenvalue weighted by Crippen LogP contribution is -2.14. The van der Waals surface area contributed by atoms with Crippen LogP contribution in [-0.4, -0.2) is 30.3 Å². The Balaban J connectivity index is 2.91. The average Bonchev–Trinajstić information content (AvgIpc) is 2.28. The number of hydrogen-bond donors (Lipinski definition) is 1. The molecular formula is C8H10FN3O3. The number of halogens is 1. The molecule has 0 aliphatic rings. The van der Waals surface area contributed by atoms with Crippen LogP contribution in [0.5, 0.6) is 5.88 Å². The normalized spacial score (nSPS) is 9.53. The van der Waals surface area contributed by atoms with Crippen LogP contribution in [0.4, 0.5) is 15.1 Å². The van der Waals surface area contributed by atoms with E-state index in [1.54, 1.807) is 0 Å². The third-order valence-corrected chi connectivity index (χ3v) is 1.50. The number of amides is 1.